The number of halogens is 1. The quantitative estimate of drug-likeness (QED) is 0.416. The molecule has 0 radical (unpaired) electrons. The molecule has 1 fully saturated rings. The molecular formula is C27H34FN5OS. The van der Waals surface area contributed by atoms with Crippen molar-refractivity contribution in [2.45, 2.75) is 38.3 Å². The molecule has 1 amide bonds. The van der Waals surface area contributed by atoms with E-state index in [9.17, 15) is 9.18 Å². The Balaban J connectivity index is 1.43. The molecule has 0 aliphatic carbocycles. The number of aromatic nitrogens is 3. The molecule has 0 saturated carbocycles. The van der Waals surface area contributed by atoms with Crippen LogP contribution >= 0.6 is 11.8 Å². The molecular weight excluding hydrogens is 461 g/mol. The maximum atomic E-state index is 14.5. The molecule has 6 nitrogen and oxygen atoms in total. The normalized spacial score (nSPS) is 15.7. The van der Waals surface area contributed by atoms with Crippen LogP contribution in [0, 0.1) is 11.7 Å². The van der Waals surface area contributed by atoms with Gasteiger partial charge in [0.05, 0.1) is 0 Å². The first-order valence-corrected chi connectivity index (χ1v) is 13.6. The van der Waals surface area contributed by atoms with Gasteiger partial charge in [0, 0.05) is 56.1 Å². The summed E-state index contributed by atoms with van der Waals surface area (Å²) >= 11 is 1.68. The summed E-state index contributed by atoms with van der Waals surface area (Å²) in [6.45, 7) is 2.69. The molecule has 3 heterocycles. The van der Waals surface area contributed by atoms with Crippen LogP contribution in [0.15, 0.2) is 61.1 Å². The van der Waals surface area contributed by atoms with Gasteiger partial charge in [-0.3, -0.25) is 14.3 Å². The molecule has 0 N–H and O–H groups in total. The van der Waals surface area contributed by atoms with E-state index in [-0.39, 0.29) is 17.8 Å². The lowest BCUT2D eigenvalue weighted by molar-refractivity contribution is -0.133. The van der Waals surface area contributed by atoms with Crippen LogP contribution in [-0.4, -0.2) is 68.4 Å². The van der Waals surface area contributed by atoms with Crippen LogP contribution in [-0.2, 0) is 17.8 Å². The van der Waals surface area contributed by atoms with Gasteiger partial charge in [-0.25, -0.2) is 14.4 Å². The fourth-order valence-corrected chi connectivity index (χ4v) is 5.32. The van der Waals surface area contributed by atoms with Crippen molar-refractivity contribution < 1.29 is 9.18 Å². The Labute approximate surface area is 211 Å². The first-order chi connectivity index (χ1) is 17.1. The van der Waals surface area contributed by atoms with Crippen molar-refractivity contribution in [2.75, 3.05) is 32.1 Å². The van der Waals surface area contributed by atoms with Crippen LogP contribution in [0.4, 0.5) is 4.39 Å². The molecule has 8 heteroatoms. The zero-order valence-electron chi connectivity index (χ0n) is 20.5. The fraction of sp³-hybridized carbons (Fsp3) is 0.444. The van der Waals surface area contributed by atoms with Crippen molar-refractivity contribution in [3.05, 3.63) is 78.1 Å². The van der Waals surface area contributed by atoms with E-state index >= 15 is 0 Å². The van der Waals surface area contributed by atoms with Crippen molar-refractivity contribution >= 4 is 17.7 Å². The van der Waals surface area contributed by atoms with Crippen LogP contribution < -0.4 is 0 Å². The Hall–Kier alpha value is -2.71. The smallest absolute Gasteiger partial charge is 0.233 e. The number of hydrogen-bond acceptors (Lipinski definition) is 5. The minimum absolute atomic E-state index is 0.00927. The number of thioether (sulfide) groups is 1. The number of carbonyl (C=O) groups is 1. The lowest BCUT2D eigenvalue weighted by Crippen LogP contribution is -2.47. The van der Waals surface area contributed by atoms with Gasteiger partial charge in [-0.15, -0.1) is 0 Å². The fourth-order valence-electron chi connectivity index (χ4n) is 4.94. The second kappa shape index (κ2) is 12.3. The van der Waals surface area contributed by atoms with Crippen molar-refractivity contribution in [1.29, 1.82) is 0 Å². The van der Waals surface area contributed by atoms with Crippen LogP contribution in [0.5, 0.6) is 0 Å². The monoisotopic (exact) mass is 495 g/mol. The molecule has 1 aliphatic heterocycles. The van der Waals surface area contributed by atoms with Crippen LogP contribution in [0.2, 0.25) is 0 Å². The number of amides is 1. The molecule has 1 saturated heterocycles. The van der Waals surface area contributed by atoms with Gasteiger partial charge in [0.25, 0.3) is 0 Å². The number of benzene rings is 1. The van der Waals surface area contributed by atoms with E-state index in [1.165, 1.54) is 6.07 Å². The largest absolute Gasteiger partial charge is 0.342 e. The zero-order chi connectivity index (χ0) is 24.6. The average Bonchev–Trinajstić information content (AvgIpc) is 3.35. The molecule has 3 aromatic rings. The number of likely N-dealkylation sites (tertiary alicyclic amines) is 1. The highest BCUT2D eigenvalue weighted by Crippen LogP contribution is 2.28. The summed E-state index contributed by atoms with van der Waals surface area (Å²) in [5, 5.41) is 0. The Morgan fingerprint density at radius 1 is 1.14 bits per heavy atom. The van der Waals surface area contributed by atoms with E-state index in [4.69, 9.17) is 0 Å². The Morgan fingerprint density at radius 3 is 2.60 bits per heavy atom. The minimum Gasteiger partial charge on any atom is -0.342 e. The summed E-state index contributed by atoms with van der Waals surface area (Å²) in [7, 11) is 1.90. The average molecular weight is 496 g/mol. The van der Waals surface area contributed by atoms with Gasteiger partial charge in [-0.2, -0.15) is 11.8 Å². The number of hydrogen-bond donors (Lipinski definition) is 0. The molecule has 0 bridgehead atoms. The highest BCUT2D eigenvalue weighted by atomic mass is 32.2. The summed E-state index contributed by atoms with van der Waals surface area (Å²) in [6, 6.07) is 12.9. The van der Waals surface area contributed by atoms with Gasteiger partial charge < -0.3 is 4.90 Å². The van der Waals surface area contributed by atoms with Crippen LogP contribution in [0.1, 0.15) is 30.5 Å². The number of carbonyl (C=O) groups excluding carboxylic acids is 1. The predicted octanol–water partition coefficient (Wildman–Crippen LogP) is 4.44. The lowest BCUT2D eigenvalue weighted by atomic mass is 9.84. The molecule has 2 aromatic heterocycles. The van der Waals surface area contributed by atoms with Crippen molar-refractivity contribution in [2.24, 2.45) is 5.92 Å². The summed E-state index contributed by atoms with van der Waals surface area (Å²) in [5.74, 6) is 1.77. The maximum absolute atomic E-state index is 14.5. The Kier molecular flexibility index (Phi) is 8.93. The third-order valence-corrected chi connectivity index (χ3v) is 7.57. The number of piperidine rings is 1. The second-order valence-corrected chi connectivity index (χ2v) is 10.1. The standard InChI is InChI=1S/C27H34FN5OS/c1-31(26(34)12-18-35-2)25(19-22-7-3-4-9-24(22)28)21-10-16-32(17-11-21)20-23-8-5-15-33(23)27-29-13-6-14-30-27/h3-9,13-15,21,25H,10-12,16-20H2,1-2H3. The first kappa shape index (κ1) is 25.4. The number of likely N-dealkylation sites (N-methyl/N-ethyl adjacent to an activating group) is 1. The topological polar surface area (TPSA) is 54.3 Å². The van der Waals surface area contributed by atoms with Gasteiger partial charge in [0.2, 0.25) is 11.9 Å². The van der Waals surface area contributed by atoms with Crippen molar-refractivity contribution in [3.63, 3.8) is 0 Å². The van der Waals surface area contributed by atoms with E-state index < -0.39 is 0 Å². The summed E-state index contributed by atoms with van der Waals surface area (Å²) in [5.41, 5.74) is 1.84. The molecule has 186 valence electrons. The molecule has 1 atom stereocenters. The first-order valence-electron chi connectivity index (χ1n) is 12.2. The molecule has 1 aliphatic rings. The highest BCUT2D eigenvalue weighted by molar-refractivity contribution is 7.98. The molecule has 0 spiro atoms. The van der Waals surface area contributed by atoms with E-state index in [1.807, 2.05) is 53.2 Å². The third kappa shape index (κ3) is 6.49. The van der Waals surface area contributed by atoms with Gasteiger partial charge >= 0.3 is 0 Å². The van der Waals surface area contributed by atoms with Crippen LogP contribution in [0.3, 0.4) is 0 Å². The van der Waals surface area contributed by atoms with E-state index in [2.05, 4.69) is 20.9 Å². The predicted molar refractivity (Wildman–Crippen MR) is 139 cm³/mol. The summed E-state index contributed by atoms with van der Waals surface area (Å²) in [4.78, 5) is 26.0. The van der Waals surface area contributed by atoms with E-state index in [0.717, 1.165) is 43.9 Å². The Morgan fingerprint density at radius 2 is 1.89 bits per heavy atom. The van der Waals surface area contributed by atoms with Gasteiger partial charge in [0.15, 0.2) is 0 Å². The van der Waals surface area contributed by atoms with Gasteiger partial charge in [0.1, 0.15) is 5.82 Å². The second-order valence-electron chi connectivity index (χ2n) is 9.14. The lowest BCUT2D eigenvalue weighted by Gasteiger charge is -2.40. The maximum Gasteiger partial charge on any atom is 0.233 e. The SMILES string of the molecule is CSCCC(=O)N(C)C(Cc1ccccc1F)C1CCN(Cc2cccn2-c2ncccn2)CC1. The molecule has 4 rings (SSSR count). The highest BCUT2D eigenvalue weighted by Gasteiger charge is 2.32. The summed E-state index contributed by atoms with van der Waals surface area (Å²) in [6.07, 6.45) is 10.5. The number of rotatable bonds is 10. The van der Waals surface area contributed by atoms with Crippen molar-refractivity contribution in [3.8, 4) is 5.95 Å². The third-order valence-electron chi connectivity index (χ3n) is 6.96. The summed E-state index contributed by atoms with van der Waals surface area (Å²) < 4.78 is 16.5. The molecule has 35 heavy (non-hydrogen) atoms. The molecule has 1 unspecified atom stereocenters. The van der Waals surface area contributed by atoms with Gasteiger partial charge in [-0.05, 0) is 74.4 Å². The van der Waals surface area contributed by atoms with E-state index in [0.29, 0.717) is 30.3 Å². The van der Waals surface area contributed by atoms with Crippen LogP contribution in [0.25, 0.3) is 5.95 Å². The molecule has 1 aromatic carbocycles. The van der Waals surface area contributed by atoms with Gasteiger partial charge in [-0.1, -0.05) is 18.2 Å². The zero-order valence-corrected chi connectivity index (χ0v) is 21.3. The van der Waals surface area contributed by atoms with E-state index in [1.54, 1.807) is 30.2 Å². The Bertz CT molecular complexity index is 1080. The van der Waals surface area contributed by atoms with Crippen molar-refractivity contribution in [1.82, 2.24) is 24.3 Å². The number of nitrogens with zero attached hydrogens (tertiary/aromatic N) is 5. The minimum atomic E-state index is -0.191.